The number of carbonyl (C=O) groups excluding carboxylic acids is 2. The van der Waals surface area contributed by atoms with Crippen molar-refractivity contribution < 1.29 is 18.4 Å². The summed E-state index contributed by atoms with van der Waals surface area (Å²) in [6, 6.07) is 10.9. The first-order chi connectivity index (χ1) is 14.3. The number of likely N-dealkylation sites (tertiary alicyclic amines) is 1. The lowest BCUT2D eigenvalue weighted by molar-refractivity contribution is -0.119. The third-order valence-corrected chi connectivity index (χ3v) is 5.47. The highest BCUT2D eigenvalue weighted by molar-refractivity contribution is 6.46. The van der Waals surface area contributed by atoms with Crippen molar-refractivity contribution in [3.05, 3.63) is 65.2 Å². The number of anilines is 1. The maximum atomic E-state index is 13.3. The normalized spacial score (nSPS) is 18.2. The number of aryl methyl sites for hydroxylation is 1. The number of hydrogen-bond donors (Lipinski definition) is 2. The molecule has 2 heterocycles. The molecule has 2 aromatic rings. The van der Waals surface area contributed by atoms with E-state index < -0.39 is 17.3 Å². The molecule has 2 amide bonds. The number of carbonyl (C=O) groups is 2. The van der Waals surface area contributed by atoms with Gasteiger partial charge in [0.25, 0.3) is 5.91 Å². The number of hydrogen-bond acceptors (Lipinski definition) is 4. The first-order valence-electron chi connectivity index (χ1n) is 9.80. The van der Waals surface area contributed by atoms with E-state index in [1.54, 1.807) is 0 Å². The van der Waals surface area contributed by atoms with Gasteiger partial charge in [-0.2, -0.15) is 0 Å². The van der Waals surface area contributed by atoms with Crippen LogP contribution in [-0.2, 0) is 9.59 Å². The summed E-state index contributed by atoms with van der Waals surface area (Å²) in [5, 5.41) is 5.58. The van der Waals surface area contributed by atoms with Gasteiger partial charge in [0, 0.05) is 43.2 Å². The van der Waals surface area contributed by atoms with Crippen molar-refractivity contribution in [3.63, 3.8) is 0 Å². The number of aliphatic imine (C=N–C) groups is 1. The predicted octanol–water partition coefficient (Wildman–Crippen LogP) is 2.62. The lowest BCUT2D eigenvalue weighted by Gasteiger charge is -2.36. The Morgan fingerprint density at radius 2 is 1.83 bits per heavy atom. The van der Waals surface area contributed by atoms with E-state index in [1.807, 2.05) is 36.1 Å². The molecule has 6 nitrogen and oxygen atoms in total. The van der Waals surface area contributed by atoms with Crippen molar-refractivity contribution in [2.24, 2.45) is 4.99 Å². The van der Waals surface area contributed by atoms with Crippen LogP contribution < -0.4 is 10.6 Å². The number of nitrogens with one attached hydrogen (secondary N) is 2. The summed E-state index contributed by atoms with van der Waals surface area (Å²) in [5.74, 6) is -2.45. The van der Waals surface area contributed by atoms with E-state index in [-0.39, 0.29) is 24.0 Å². The Kier molecular flexibility index (Phi) is 5.34. The number of piperidine rings is 1. The van der Waals surface area contributed by atoms with Crippen LogP contribution in [0.3, 0.4) is 0 Å². The van der Waals surface area contributed by atoms with E-state index in [2.05, 4.69) is 10.6 Å². The molecule has 156 valence electrons. The quantitative estimate of drug-likeness (QED) is 0.811. The van der Waals surface area contributed by atoms with Gasteiger partial charge in [-0.15, -0.1) is 0 Å². The lowest BCUT2D eigenvalue weighted by Crippen LogP contribution is -2.52. The Morgan fingerprint density at radius 3 is 2.50 bits per heavy atom. The standard InChI is InChI=1S/C22H22F2N4O2/c1-14-2-4-15(5-3-14)20-21(30)27-22(26-20)8-10-28(11-9-22)13-19(29)25-16-6-7-17(23)18(24)12-16/h2-7,12H,8-11,13H2,1H3,(H,25,29)(H,27,30). The van der Waals surface area contributed by atoms with Gasteiger partial charge in [0.2, 0.25) is 5.91 Å². The summed E-state index contributed by atoms with van der Waals surface area (Å²) in [6.45, 7) is 3.27. The second-order valence-electron chi connectivity index (χ2n) is 7.77. The van der Waals surface area contributed by atoms with Crippen molar-refractivity contribution in [2.75, 3.05) is 25.0 Å². The molecule has 0 unspecified atom stereocenters. The molecular weight excluding hydrogens is 390 g/mol. The van der Waals surface area contributed by atoms with Crippen LogP contribution >= 0.6 is 0 Å². The van der Waals surface area contributed by atoms with Crippen LogP contribution in [0.15, 0.2) is 47.5 Å². The number of halogens is 2. The summed E-state index contributed by atoms with van der Waals surface area (Å²) in [5.41, 5.74) is 1.93. The molecule has 8 heteroatoms. The zero-order chi connectivity index (χ0) is 21.3. The number of rotatable bonds is 4. The van der Waals surface area contributed by atoms with E-state index >= 15 is 0 Å². The molecule has 2 aromatic carbocycles. The molecule has 0 radical (unpaired) electrons. The van der Waals surface area contributed by atoms with E-state index in [0.29, 0.717) is 31.6 Å². The maximum Gasteiger partial charge on any atom is 0.272 e. The van der Waals surface area contributed by atoms with Gasteiger partial charge in [0.15, 0.2) is 11.6 Å². The molecule has 0 aliphatic carbocycles. The molecule has 4 rings (SSSR count). The Balaban J connectivity index is 1.35. The topological polar surface area (TPSA) is 73.8 Å². The highest BCUT2D eigenvalue weighted by Crippen LogP contribution is 2.29. The molecule has 2 aliphatic heterocycles. The van der Waals surface area contributed by atoms with Gasteiger partial charge < -0.3 is 10.6 Å². The van der Waals surface area contributed by atoms with Gasteiger partial charge in [-0.05, 0) is 19.1 Å². The summed E-state index contributed by atoms with van der Waals surface area (Å²) in [7, 11) is 0. The summed E-state index contributed by atoms with van der Waals surface area (Å²) >= 11 is 0. The van der Waals surface area contributed by atoms with E-state index in [0.717, 1.165) is 23.3 Å². The van der Waals surface area contributed by atoms with Crippen LogP contribution in [0, 0.1) is 18.6 Å². The van der Waals surface area contributed by atoms with E-state index in [4.69, 9.17) is 4.99 Å². The first kappa shape index (κ1) is 20.2. The molecule has 0 atom stereocenters. The summed E-state index contributed by atoms with van der Waals surface area (Å²) in [6.07, 6.45) is 1.18. The van der Waals surface area contributed by atoms with Gasteiger partial charge in [-0.25, -0.2) is 8.78 Å². The fraction of sp³-hybridized carbons (Fsp3) is 0.318. The zero-order valence-electron chi connectivity index (χ0n) is 16.5. The molecule has 0 bridgehead atoms. The van der Waals surface area contributed by atoms with E-state index in [9.17, 15) is 18.4 Å². The molecule has 1 fully saturated rings. The average molecular weight is 412 g/mol. The fourth-order valence-corrected chi connectivity index (χ4v) is 3.77. The zero-order valence-corrected chi connectivity index (χ0v) is 16.5. The van der Waals surface area contributed by atoms with Crippen LogP contribution in [0.25, 0.3) is 0 Å². The minimum absolute atomic E-state index is 0.123. The number of amides is 2. The highest BCUT2D eigenvalue weighted by atomic mass is 19.2. The first-order valence-corrected chi connectivity index (χ1v) is 9.80. The smallest absolute Gasteiger partial charge is 0.272 e. The molecule has 2 aliphatic rings. The third kappa shape index (κ3) is 4.23. The van der Waals surface area contributed by atoms with Gasteiger partial charge in [0.1, 0.15) is 11.4 Å². The SMILES string of the molecule is Cc1ccc(C2=NC3(CCN(CC(=O)Nc4ccc(F)c(F)c4)CC3)NC2=O)cc1. The number of benzene rings is 2. The second kappa shape index (κ2) is 7.95. The largest absolute Gasteiger partial charge is 0.326 e. The molecule has 30 heavy (non-hydrogen) atoms. The molecule has 0 aromatic heterocycles. The Bertz CT molecular complexity index is 1010. The molecular formula is C22H22F2N4O2. The average Bonchev–Trinajstić information content (AvgIpc) is 3.03. The van der Waals surface area contributed by atoms with Gasteiger partial charge in [-0.3, -0.25) is 19.5 Å². The summed E-state index contributed by atoms with van der Waals surface area (Å²) in [4.78, 5) is 31.4. The summed E-state index contributed by atoms with van der Waals surface area (Å²) < 4.78 is 26.3. The molecule has 0 saturated carbocycles. The Labute approximate surface area is 173 Å². The van der Waals surface area contributed by atoms with E-state index in [1.165, 1.54) is 6.07 Å². The molecule has 1 spiro atoms. The number of nitrogens with zero attached hydrogens (tertiary/aromatic N) is 2. The predicted molar refractivity (Wildman–Crippen MR) is 109 cm³/mol. The monoisotopic (exact) mass is 412 g/mol. The van der Waals surface area contributed by atoms with Crippen molar-refractivity contribution in [2.45, 2.75) is 25.4 Å². The van der Waals surface area contributed by atoms with Crippen LogP contribution in [-0.4, -0.2) is 47.7 Å². The minimum Gasteiger partial charge on any atom is -0.326 e. The van der Waals surface area contributed by atoms with Crippen LogP contribution in [0.1, 0.15) is 24.0 Å². The van der Waals surface area contributed by atoms with Crippen molar-refractivity contribution in [1.29, 1.82) is 0 Å². The van der Waals surface area contributed by atoms with Crippen molar-refractivity contribution in [1.82, 2.24) is 10.2 Å². The Hall–Kier alpha value is -3.13. The van der Waals surface area contributed by atoms with Gasteiger partial charge in [0.05, 0.1) is 6.54 Å². The highest BCUT2D eigenvalue weighted by Gasteiger charge is 2.42. The van der Waals surface area contributed by atoms with Crippen LogP contribution in [0.2, 0.25) is 0 Å². The van der Waals surface area contributed by atoms with Crippen molar-refractivity contribution in [3.8, 4) is 0 Å². The molecule has 1 saturated heterocycles. The fourth-order valence-electron chi connectivity index (χ4n) is 3.77. The third-order valence-electron chi connectivity index (χ3n) is 5.47. The van der Waals surface area contributed by atoms with Crippen LogP contribution in [0.4, 0.5) is 14.5 Å². The second-order valence-corrected chi connectivity index (χ2v) is 7.77. The van der Waals surface area contributed by atoms with Crippen LogP contribution in [0.5, 0.6) is 0 Å². The lowest BCUT2D eigenvalue weighted by atomic mass is 9.98. The van der Waals surface area contributed by atoms with Crippen molar-refractivity contribution >= 4 is 23.2 Å². The minimum atomic E-state index is -1.01. The van der Waals surface area contributed by atoms with Gasteiger partial charge >= 0.3 is 0 Å². The van der Waals surface area contributed by atoms with Gasteiger partial charge in [-0.1, -0.05) is 29.8 Å². The maximum absolute atomic E-state index is 13.3. The Morgan fingerprint density at radius 1 is 1.13 bits per heavy atom. The molecule has 2 N–H and O–H groups in total.